The normalized spacial score (nSPS) is 9.58. The molecule has 3 nitrogen and oxygen atoms in total. The first-order valence-electron chi connectivity index (χ1n) is 6.68. The number of aromatic hydroxyl groups is 1. The molecular formula is C15H24O3S. The van der Waals surface area contributed by atoms with E-state index < -0.39 is 5.97 Å². The molecule has 0 spiro atoms. The monoisotopic (exact) mass is 284 g/mol. The molecule has 0 amide bonds. The van der Waals surface area contributed by atoms with Crippen molar-refractivity contribution in [2.75, 3.05) is 5.75 Å². The van der Waals surface area contributed by atoms with Gasteiger partial charge in [-0.2, -0.15) is 0 Å². The minimum atomic E-state index is -0.833. The molecule has 0 fully saturated rings. The molecule has 0 saturated carbocycles. The molecule has 1 aromatic carbocycles. The number of aliphatic carboxylic acids is 1. The van der Waals surface area contributed by atoms with Crippen molar-refractivity contribution in [3.05, 3.63) is 24.3 Å². The predicted molar refractivity (Wildman–Crippen MR) is 80.9 cm³/mol. The molecular weight excluding hydrogens is 260 g/mol. The highest BCUT2D eigenvalue weighted by molar-refractivity contribution is 7.99. The summed E-state index contributed by atoms with van der Waals surface area (Å²) in [5.74, 6) is 0.692. The maximum atomic E-state index is 9.53. The van der Waals surface area contributed by atoms with Gasteiger partial charge in [-0.1, -0.05) is 44.7 Å². The Labute approximate surface area is 120 Å². The van der Waals surface area contributed by atoms with Crippen LogP contribution >= 0.6 is 11.8 Å². The van der Waals surface area contributed by atoms with E-state index in [9.17, 15) is 5.11 Å². The summed E-state index contributed by atoms with van der Waals surface area (Å²) < 4.78 is 0. The van der Waals surface area contributed by atoms with Crippen LogP contribution in [0, 0.1) is 0 Å². The number of phenols is 1. The topological polar surface area (TPSA) is 57.5 Å². The third-order valence-electron chi connectivity index (χ3n) is 2.37. The summed E-state index contributed by atoms with van der Waals surface area (Å²) in [5.41, 5.74) is 0. The minimum Gasteiger partial charge on any atom is -0.507 e. The fraction of sp³-hybridized carbons (Fsp3) is 0.533. The molecule has 0 saturated heterocycles. The number of carboxylic acids is 1. The number of carboxylic acid groups (broad SMARTS) is 1. The number of rotatable bonds is 7. The smallest absolute Gasteiger partial charge is 0.300 e. The largest absolute Gasteiger partial charge is 0.507 e. The zero-order valence-electron chi connectivity index (χ0n) is 11.8. The second-order valence-electron chi connectivity index (χ2n) is 4.25. The molecule has 0 bridgehead atoms. The van der Waals surface area contributed by atoms with Gasteiger partial charge in [-0.15, -0.1) is 11.8 Å². The second-order valence-corrected chi connectivity index (χ2v) is 5.39. The minimum absolute atomic E-state index is 0.413. The average molecular weight is 284 g/mol. The molecule has 0 atom stereocenters. The Morgan fingerprint density at radius 2 is 1.74 bits per heavy atom. The van der Waals surface area contributed by atoms with Crippen molar-refractivity contribution in [2.24, 2.45) is 0 Å². The maximum Gasteiger partial charge on any atom is 0.300 e. The van der Waals surface area contributed by atoms with E-state index in [1.165, 1.54) is 32.1 Å². The average Bonchev–Trinajstić information content (AvgIpc) is 2.35. The van der Waals surface area contributed by atoms with E-state index in [1.54, 1.807) is 17.8 Å². The van der Waals surface area contributed by atoms with Crippen molar-refractivity contribution in [3.63, 3.8) is 0 Å². The molecule has 0 unspecified atom stereocenters. The third kappa shape index (κ3) is 11.7. The van der Waals surface area contributed by atoms with Gasteiger partial charge < -0.3 is 10.2 Å². The van der Waals surface area contributed by atoms with Crippen LogP contribution in [0.3, 0.4) is 0 Å². The molecule has 0 aliphatic carbocycles. The zero-order valence-corrected chi connectivity index (χ0v) is 12.6. The summed E-state index contributed by atoms with van der Waals surface area (Å²) in [6.07, 6.45) is 6.55. The van der Waals surface area contributed by atoms with Crippen LogP contribution in [-0.4, -0.2) is 21.9 Å². The summed E-state index contributed by atoms with van der Waals surface area (Å²) in [5, 5.41) is 16.9. The van der Waals surface area contributed by atoms with E-state index in [0.29, 0.717) is 5.75 Å². The fourth-order valence-corrected chi connectivity index (χ4v) is 2.43. The van der Waals surface area contributed by atoms with Gasteiger partial charge in [-0.25, -0.2) is 0 Å². The third-order valence-corrected chi connectivity index (χ3v) is 3.52. The van der Waals surface area contributed by atoms with Gasteiger partial charge in [0.2, 0.25) is 0 Å². The van der Waals surface area contributed by atoms with Crippen LogP contribution in [0.2, 0.25) is 0 Å². The van der Waals surface area contributed by atoms with Gasteiger partial charge >= 0.3 is 0 Å². The molecule has 0 aliphatic rings. The number of thioether (sulfide) groups is 1. The summed E-state index contributed by atoms with van der Waals surface area (Å²) in [4.78, 5) is 10.0. The molecule has 1 rings (SSSR count). The summed E-state index contributed by atoms with van der Waals surface area (Å²) in [6, 6.07) is 7.56. The number of unbranched alkanes of at least 4 members (excludes halogenated alkanes) is 4. The molecule has 1 aromatic rings. The molecule has 108 valence electrons. The lowest BCUT2D eigenvalue weighted by atomic mass is 10.2. The summed E-state index contributed by atoms with van der Waals surface area (Å²) in [6.45, 7) is 3.32. The lowest BCUT2D eigenvalue weighted by molar-refractivity contribution is -0.134. The van der Waals surface area contributed by atoms with Gasteiger partial charge in [0.15, 0.2) is 0 Å². The van der Waals surface area contributed by atoms with Crippen molar-refractivity contribution in [3.8, 4) is 5.75 Å². The Morgan fingerprint density at radius 3 is 2.32 bits per heavy atom. The molecule has 0 heterocycles. The number of benzene rings is 1. The van der Waals surface area contributed by atoms with Crippen LogP contribution < -0.4 is 0 Å². The predicted octanol–water partition coefficient (Wildman–Crippen LogP) is 4.55. The molecule has 0 aliphatic heterocycles. The highest BCUT2D eigenvalue weighted by atomic mass is 32.2. The van der Waals surface area contributed by atoms with Crippen LogP contribution in [0.1, 0.15) is 46.0 Å². The van der Waals surface area contributed by atoms with Crippen LogP contribution in [-0.2, 0) is 4.79 Å². The van der Waals surface area contributed by atoms with Gasteiger partial charge in [0.1, 0.15) is 5.75 Å². The Morgan fingerprint density at radius 1 is 1.16 bits per heavy atom. The van der Waals surface area contributed by atoms with E-state index in [-0.39, 0.29) is 0 Å². The number of hydrogen-bond donors (Lipinski definition) is 2. The van der Waals surface area contributed by atoms with E-state index in [0.717, 1.165) is 17.6 Å². The van der Waals surface area contributed by atoms with Gasteiger partial charge in [0.05, 0.1) is 0 Å². The molecule has 0 aromatic heterocycles. The lowest BCUT2D eigenvalue weighted by Crippen LogP contribution is -1.82. The Kier molecular flexibility index (Phi) is 11.2. The second kappa shape index (κ2) is 11.9. The van der Waals surface area contributed by atoms with Crippen LogP contribution in [0.15, 0.2) is 29.2 Å². The highest BCUT2D eigenvalue weighted by Crippen LogP contribution is 2.28. The molecule has 2 N–H and O–H groups in total. The van der Waals surface area contributed by atoms with E-state index in [4.69, 9.17) is 9.90 Å². The zero-order chi connectivity index (χ0) is 14.5. The maximum absolute atomic E-state index is 9.53. The van der Waals surface area contributed by atoms with Gasteiger partial charge in [-0.05, 0) is 24.3 Å². The highest BCUT2D eigenvalue weighted by Gasteiger charge is 1.99. The summed E-state index contributed by atoms with van der Waals surface area (Å²) >= 11 is 1.76. The Bertz CT molecular complexity index is 349. The van der Waals surface area contributed by atoms with Gasteiger partial charge in [0, 0.05) is 11.8 Å². The van der Waals surface area contributed by atoms with Crippen molar-refractivity contribution >= 4 is 17.7 Å². The van der Waals surface area contributed by atoms with E-state index in [1.807, 2.05) is 18.2 Å². The number of carbonyl (C=O) groups is 1. The number of phenolic OH excluding ortho intramolecular Hbond substituents is 1. The first-order chi connectivity index (χ1) is 9.07. The number of hydrogen-bond acceptors (Lipinski definition) is 3. The Hall–Kier alpha value is -1.16. The Balaban J connectivity index is 0.000000711. The molecule has 4 heteroatoms. The van der Waals surface area contributed by atoms with E-state index in [2.05, 4.69) is 6.92 Å². The first kappa shape index (κ1) is 17.8. The fourth-order valence-electron chi connectivity index (χ4n) is 1.47. The van der Waals surface area contributed by atoms with Crippen LogP contribution in [0.25, 0.3) is 0 Å². The quantitative estimate of drug-likeness (QED) is 0.570. The van der Waals surface area contributed by atoms with Crippen molar-refractivity contribution in [1.29, 1.82) is 0 Å². The van der Waals surface area contributed by atoms with Crippen molar-refractivity contribution in [1.82, 2.24) is 0 Å². The summed E-state index contributed by atoms with van der Waals surface area (Å²) in [7, 11) is 0. The molecule has 0 radical (unpaired) electrons. The van der Waals surface area contributed by atoms with Crippen LogP contribution in [0.5, 0.6) is 5.75 Å². The van der Waals surface area contributed by atoms with E-state index >= 15 is 0 Å². The van der Waals surface area contributed by atoms with Gasteiger partial charge in [0.25, 0.3) is 5.97 Å². The molecule has 19 heavy (non-hydrogen) atoms. The lowest BCUT2D eigenvalue weighted by Gasteiger charge is -2.03. The van der Waals surface area contributed by atoms with Gasteiger partial charge in [-0.3, -0.25) is 4.79 Å². The van der Waals surface area contributed by atoms with Crippen molar-refractivity contribution in [2.45, 2.75) is 50.8 Å². The van der Waals surface area contributed by atoms with Crippen LogP contribution in [0.4, 0.5) is 0 Å². The SMILES string of the molecule is CC(=O)O.CCCCCCCSc1ccccc1O. The first-order valence-corrected chi connectivity index (χ1v) is 7.66. The standard InChI is InChI=1S/C13H20OS.C2H4O2/c1-2-3-4-5-8-11-15-13-10-7-6-9-12(13)14;1-2(3)4/h6-7,9-10,14H,2-5,8,11H2,1H3;1H3,(H,3,4). The number of para-hydroxylation sites is 1. The van der Waals surface area contributed by atoms with Crippen molar-refractivity contribution < 1.29 is 15.0 Å².